The maximum atomic E-state index is 12.6. The predicted molar refractivity (Wildman–Crippen MR) is 125 cm³/mol. The summed E-state index contributed by atoms with van der Waals surface area (Å²) in [7, 11) is 0. The number of carbonyl (C=O) groups excluding carboxylic acids is 1. The average Bonchev–Trinajstić information content (AvgIpc) is 3.34. The molecule has 0 saturated carbocycles. The highest BCUT2D eigenvalue weighted by Gasteiger charge is 2.16. The third kappa shape index (κ3) is 4.47. The second-order valence-electron chi connectivity index (χ2n) is 6.99. The van der Waals surface area contributed by atoms with Gasteiger partial charge in [-0.3, -0.25) is 4.79 Å². The van der Waals surface area contributed by atoms with Gasteiger partial charge in [-0.15, -0.1) is 11.3 Å². The first-order chi connectivity index (χ1) is 14.5. The molecule has 4 aromatic rings. The fourth-order valence-electron chi connectivity index (χ4n) is 3.13. The Morgan fingerprint density at radius 2 is 1.80 bits per heavy atom. The van der Waals surface area contributed by atoms with E-state index in [1.54, 1.807) is 11.3 Å². The predicted octanol–water partition coefficient (Wildman–Crippen LogP) is 5.65. The van der Waals surface area contributed by atoms with Crippen molar-refractivity contribution in [3.63, 3.8) is 0 Å². The molecule has 0 spiro atoms. The van der Waals surface area contributed by atoms with Crippen LogP contribution in [-0.4, -0.2) is 26.4 Å². The quantitative estimate of drug-likeness (QED) is 0.398. The Labute approximate surface area is 184 Å². The van der Waals surface area contributed by atoms with Crippen molar-refractivity contribution in [2.24, 2.45) is 0 Å². The van der Waals surface area contributed by atoms with Crippen LogP contribution in [0.25, 0.3) is 16.9 Å². The van der Waals surface area contributed by atoms with Gasteiger partial charge in [-0.25, -0.2) is 9.67 Å². The first-order valence-corrected chi connectivity index (χ1v) is 11.4. The van der Waals surface area contributed by atoms with Crippen LogP contribution in [0.3, 0.4) is 0 Å². The van der Waals surface area contributed by atoms with Crippen LogP contribution in [0.2, 0.25) is 0 Å². The van der Waals surface area contributed by atoms with E-state index in [1.165, 1.54) is 17.3 Å². The van der Waals surface area contributed by atoms with Crippen LogP contribution in [0.15, 0.2) is 64.3 Å². The minimum atomic E-state index is -0.0638. The number of rotatable bonds is 6. The lowest BCUT2D eigenvalue weighted by Crippen LogP contribution is -2.15. The Balaban J connectivity index is 1.41. The summed E-state index contributed by atoms with van der Waals surface area (Å²) >= 11 is 3.00. The largest absolute Gasteiger partial charge is 0.322 e. The maximum Gasteiger partial charge on any atom is 0.234 e. The summed E-state index contributed by atoms with van der Waals surface area (Å²) in [4.78, 5) is 17.2. The van der Waals surface area contributed by atoms with Crippen LogP contribution < -0.4 is 5.32 Å². The molecule has 0 fully saturated rings. The lowest BCUT2D eigenvalue weighted by atomic mass is 10.2. The Morgan fingerprint density at radius 3 is 2.53 bits per heavy atom. The number of amides is 1. The van der Waals surface area contributed by atoms with Crippen molar-refractivity contribution in [2.45, 2.75) is 25.1 Å². The molecule has 2 heterocycles. The summed E-state index contributed by atoms with van der Waals surface area (Å²) in [6.07, 6.45) is 0. The van der Waals surface area contributed by atoms with E-state index in [9.17, 15) is 4.79 Å². The van der Waals surface area contributed by atoms with Crippen molar-refractivity contribution in [1.29, 1.82) is 0 Å². The highest BCUT2D eigenvalue weighted by molar-refractivity contribution is 8.01. The van der Waals surface area contributed by atoms with Gasteiger partial charge < -0.3 is 5.32 Å². The molecule has 5 nitrogen and oxygen atoms in total. The molecule has 152 valence electrons. The van der Waals surface area contributed by atoms with Gasteiger partial charge in [-0.1, -0.05) is 59.8 Å². The molecular formula is C23H22N4OS2. The maximum absolute atomic E-state index is 12.6. The molecule has 0 unspecified atom stereocenters. The highest BCUT2D eigenvalue weighted by Crippen LogP contribution is 2.29. The number of thiazole rings is 1. The number of thioether (sulfide) groups is 1. The van der Waals surface area contributed by atoms with Crippen molar-refractivity contribution in [3.8, 4) is 16.9 Å². The number of anilines is 1. The lowest BCUT2D eigenvalue weighted by Gasteiger charge is -2.07. The minimum Gasteiger partial charge on any atom is -0.322 e. The third-order valence-electron chi connectivity index (χ3n) is 4.71. The zero-order valence-electron chi connectivity index (χ0n) is 17.0. The summed E-state index contributed by atoms with van der Waals surface area (Å²) in [5.41, 5.74) is 6.68. The van der Waals surface area contributed by atoms with E-state index >= 15 is 0 Å². The number of nitrogens with zero attached hydrogens (tertiary/aromatic N) is 3. The monoisotopic (exact) mass is 434 g/mol. The average molecular weight is 435 g/mol. The number of carbonyl (C=O) groups is 1. The van der Waals surface area contributed by atoms with E-state index in [1.807, 2.05) is 66.4 Å². The molecule has 0 atom stereocenters. The molecule has 0 saturated heterocycles. The van der Waals surface area contributed by atoms with E-state index in [0.717, 1.165) is 38.4 Å². The fourth-order valence-corrected chi connectivity index (χ4v) is 4.76. The van der Waals surface area contributed by atoms with Gasteiger partial charge in [0.25, 0.3) is 0 Å². The third-order valence-corrected chi connectivity index (χ3v) is 6.73. The summed E-state index contributed by atoms with van der Waals surface area (Å²) in [6.45, 7) is 5.93. The molecule has 1 N–H and O–H groups in total. The van der Waals surface area contributed by atoms with Gasteiger partial charge in [0.15, 0.2) is 4.34 Å². The summed E-state index contributed by atoms with van der Waals surface area (Å²) < 4.78 is 2.75. The van der Waals surface area contributed by atoms with Crippen molar-refractivity contribution in [2.75, 3.05) is 11.1 Å². The first-order valence-electron chi connectivity index (χ1n) is 9.58. The Morgan fingerprint density at radius 1 is 1.07 bits per heavy atom. The Kier molecular flexibility index (Phi) is 6.01. The lowest BCUT2D eigenvalue weighted by molar-refractivity contribution is -0.113. The second kappa shape index (κ2) is 8.85. The van der Waals surface area contributed by atoms with E-state index in [2.05, 4.69) is 34.5 Å². The number of aromatic nitrogens is 3. The first kappa shape index (κ1) is 20.4. The van der Waals surface area contributed by atoms with E-state index in [0.29, 0.717) is 5.75 Å². The van der Waals surface area contributed by atoms with E-state index < -0.39 is 0 Å². The molecule has 0 aliphatic carbocycles. The van der Waals surface area contributed by atoms with Gasteiger partial charge in [0.1, 0.15) is 0 Å². The van der Waals surface area contributed by atoms with Crippen LogP contribution in [0.5, 0.6) is 0 Å². The van der Waals surface area contributed by atoms with Crippen molar-refractivity contribution in [3.05, 3.63) is 76.9 Å². The molecule has 0 aliphatic heterocycles. The Hall–Kier alpha value is -2.90. The van der Waals surface area contributed by atoms with Crippen molar-refractivity contribution in [1.82, 2.24) is 14.8 Å². The van der Waals surface area contributed by atoms with Crippen LogP contribution in [0.1, 0.15) is 17.0 Å². The molecule has 0 bridgehead atoms. The summed E-state index contributed by atoms with van der Waals surface area (Å²) in [5.74, 6) is 0.238. The van der Waals surface area contributed by atoms with Crippen LogP contribution in [0, 0.1) is 20.8 Å². The molecule has 4 rings (SSSR count). The minimum absolute atomic E-state index is 0.0638. The van der Waals surface area contributed by atoms with Gasteiger partial charge in [-0.2, -0.15) is 5.10 Å². The van der Waals surface area contributed by atoms with Gasteiger partial charge in [-0.05, 0) is 32.9 Å². The number of nitrogens with one attached hydrogen (secondary N) is 1. The normalized spacial score (nSPS) is 10.9. The van der Waals surface area contributed by atoms with Crippen molar-refractivity contribution >= 4 is 34.7 Å². The smallest absolute Gasteiger partial charge is 0.234 e. The molecule has 30 heavy (non-hydrogen) atoms. The molecule has 1 amide bonds. The number of benzene rings is 2. The SMILES string of the molecule is Cc1ccc(-n2nc(C)c(NC(=O)CSc3nc(-c4ccccc4)cs3)c2C)cc1. The number of aryl methyl sites for hydroxylation is 2. The van der Waals surface area contributed by atoms with Crippen LogP contribution >= 0.6 is 23.1 Å². The molecule has 7 heteroatoms. The molecule has 2 aromatic heterocycles. The zero-order chi connectivity index (χ0) is 21.1. The molecule has 0 radical (unpaired) electrons. The van der Waals surface area contributed by atoms with Gasteiger partial charge in [0.2, 0.25) is 5.91 Å². The fraction of sp³-hybridized carbons (Fsp3) is 0.174. The second-order valence-corrected chi connectivity index (χ2v) is 9.08. The van der Waals surface area contributed by atoms with E-state index in [4.69, 9.17) is 0 Å². The number of hydrogen-bond donors (Lipinski definition) is 1. The topological polar surface area (TPSA) is 59.8 Å². The standard InChI is InChI=1S/C23H22N4OS2/c1-15-9-11-19(12-10-15)27-17(3)22(16(2)26-27)25-21(28)14-30-23-24-20(13-29-23)18-7-5-4-6-8-18/h4-13H,14H2,1-3H3,(H,25,28). The molecular weight excluding hydrogens is 412 g/mol. The Bertz CT molecular complexity index is 1160. The summed E-state index contributed by atoms with van der Waals surface area (Å²) in [6, 6.07) is 18.2. The van der Waals surface area contributed by atoms with Crippen LogP contribution in [0.4, 0.5) is 5.69 Å². The van der Waals surface area contributed by atoms with Gasteiger partial charge in [0.05, 0.1) is 34.2 Å². The van der Waals surface area contributed by atoms with Crippen molar-refractivity contribution < 1.29 is 4.79 Å². The van der Waals surface area contributed by atoms with Crippen LogP contribution in [-0.2, 0) is 4.79 Å². The van der Waals surface area contributed by atoms with Gasteiger partial charge in [0, 0.05) is 10.9 Å². The molecule has 0 aliphatic rings. The van der Waals surface area contributed by atoms with Gasteiger partial charge >= 0.3 is 0 Å². The zero-order valence-corrected chi connectivity index (χ0v) is 18.7. The number of hydrogen-bond acceptors (Lipinski definition) is 5. The molecule has 2 aromatic carbocycles. The van der Waals surface area contributed by atoms with E-state index in [-0.39, 0.29) is 5.91 Å². The summed E-state index contributed by atoms with van der Waals surface area (Å²) in [5, 5.41) is 9.65. The highest BCUT2D eigenvalue weighted by atomic mass is 32.2.